The average Bonchev–Trinajstić information content (AvgIpc) is 2.88. The number of carbonyl (C=O) groups excluding carboxylic acids is 1. The van der Waals surface area contributed by atoms with E-state index in [1.807, 2.05) is 17.0 Å². The normalized spacial score (nSPS) is 25.7. The maximum absolute atomic E-state index is 12.3. The summed E-state index contributed by atoms with van der Waals surface area (Å²) in [6, 6.07) is 7.28. The predicted molar refractivity (Wildman–Crippen MR) is 74.5 cm³/mol. The van der Waals surface area contributed by atoms with Crippen molar-refractivity contribution in [3.05, 3.63) is 34.9 Å². The molecule has 1 aromatic rings. The molecule has 0 bridgehead atoms. The molecular formula is C13H16Cl2N2O. The van der Waals surface area contributed by atoms with Gasteiger partial charge >= 0.3 is 0 Å². The smallest absolute Gasteiger partial charge is 0.255 e. The second kappa shape index (κ2) is 5.47. The molecule has 1 N–H and O–H groups in total. The number of hydrogen-bond donors (Lipinski definition) is 1. The Bertz CT molecular complexity index is 440. The number of fused-ring (bicyclic) bond motifs is 1. The Morgan fingerprint density at radius 1 is 1.22 bits per heavy atom. The number of likely N-dealkylation sites (tertiary alicyclic amines) is 1. The van der Waals surface area contributed by atoms with Gasteiger partial charge in [0.2, 0.25) is 0 Å². The van der Waals surface area contributed by atoms with Crippen molar-refractivity contribution < 1.29 is 4.79 Å². The molecule has 0 radical (unpaired) electrons. The highest BCUT2D eigenvalue weighted by atomic mass is 35.5. The van der Waals surface area contributed by atoms with Gasteiger partial charge in [-0.15, -0.1) is 12.4 Å². The van der Waals surface area contributed by atoms with E-state index >= 15 is 0 Å². The second-order valence-electron chi connectivity index (χ2n) is 4.87. The van der Waals surface area contributed by atoms with E-state index in [0.717, 1.165) is 26.2 Å². The Labute approximate surface area is 118 Å². The molecule has 0 unspecified atom stereocenters. The van der Waals surface area contributed by atoms with Gasteiger partial charge in [-0.05, 0) is 24.0 Å². The van der Waals surface area contributed by atoms with Crippen LogP contribution < -0.4 is 5.32 Å². The number of carbonyl (C=O) groups is 1. The molecule has 0 aromatic heterocycles. The molecule has 1 aromatic carbocycles. The largest absolute Gasteiger partial charge is 0.338 e. The molecule has 0 spiro atoms. The summed E-state index contributed by atoms with van der Waals surface area (Å²) in [5, 5.41) is 3.92. The summed E-state index contributed by atoms with van der Waals surface area (Å²) >= 11 is 6.06. The van der Waals surface area contributed by atoms with Crippen LogP contribution >= 0.6 is 24.0 Å². The van der Waals surface area contributed by atoms with Crippen LogP contribution in [-0.2, 0) is 0 Å². The van der Waals surface area contributed by atoms with E-state index in [-0.39, 0.29) is 18.3 Å². The van der Waals surface area contributed by atoms with Crippen LogP contribution in [0.15, 0.2) is 24.3 Å². The van der Waals surface area contributed by atoms with Gasteiger partial charge in [0.1, 0.15) is 0 Å². The third kappa shape index (κ3) is 2.35. The summed E-state index contributed by atoms with van der Waals surface area (Å²) < 4.78 is 0. The minimum absolute atomic E-state index is 0. The lowest BCUT2D eigenvalue weighted by Crippen LogP contribution is -2.32. The zero-order valence-electron chi connectivity index (χ0n) is 9.93. The van der Waals surface area contributed by atoms with Crippen LogP contribution in [0.3, 0.4) is 0 Å². The number of hydrogen-bond acceptors (Lipinski definition) is 2. The van der Waals surface area contributed by atoms with E-state index in [1.165, 1.54) is 0 Å². The fourth-order valence-electron chi connectivity index (χ4n) is 2.83. The SMILES string of the molecule is Cl.O=C(c1ccccc1Cl)N1C[C@H]2CNC[C@H]2C1. The molecule has 5 heteroatoms. The van der Waals surface area contributed by atoms with Gasteiger partial charge in [0, 0.05) is 26.2 Å². The highest BCUT2D eigenvalue weighted by molar-refractivity contribution is 6.33. The lowest BCUT2D eigenvalue weighted by molar-refractivity contribution is 0.0782. The number of benzene rings is 1. The Balaban J connectivity index is 0.00000120. The fraction of sp³-hybridized carbons (Fsp3) is 0.462. The van der Waals surface area contributed by atoms with E-state index in [2.05, 4.69) is 5.32 Å². The maximum Gasteiger partial charge on any atom is 0.255 e. The molecule has 2 atom stereocenters. The van der Waals surface area contributed by atoms with Gasteiger partial charge in [-0.25, -0.2) is 0 Å². The van der Waals surface area contributed by atoms with Crippen LogP contribution in [0.1, 0.15) is 10.4 Å². The van der Waals surface area contributed by atoms with E-state index < -0.39 is 0 Å². The van der Waals surface area contributed by atoms with Crippen LogP contribution in [0.2, 0.25) is 5.02 Å². The summed E-state index contributed by atoms with van der Waals surface area (Å²) in [5.74, 6) is 1.33. The summed E-state index contributed by atoms with van der Waals surface area (Å²) in [4.78, 5) is 14.3. The second-order valence-corrected chi connectivity index (χ2v) is 5.28. The quantitative estimate of drug-likeness (QED) is 0.857. The van der Waals surface area contributed by atoms with Gasteiger partial charge in [0.05, 0.1) is 10.6 Å². The zero-order chi connectivity index (χ0) is 11.8. The number of halogens is 2. The predicted octanol–water partition coefficient (Wildman–Crippen LogP) is 2.05. The van der Waals surface area contributed by atoms with Gasteiger partial charge in [-0.2, -0.15) is 0 Å². The van der Waals surface area contributed by atoms with E-state index in [0.29, 0.717) is 22.4 Å². The minimum Gasteiger partial charge on any atom is -0.338 e. The Morgan fingerprint density at radius 2 is 1.83 bits per heavy atom. The van der Waals surface area contributed by atoms with Crippen LogP contribution in [0.25, 0.3) is 0 Å². The minimum atomic E-state index is 0. The first kappa shape index (κ1) is 13.7. The molecule has 2 fully saturated rings. The molecule has 1 amide bonds. The fourth-order valence-corrected chi connectivity index (χ4v) is 3.04. The van der Waals surface area contributed by atoms with Gasteiger partial charge in [-0.3, -0.25) is 4.79 Å². The lowest BCUT2D eigenvalue weighted by atomic mass is 10.0. The van der Waals surface area contributed by atoms with Crippen LogP contribution in [-0.4, -0.2) is 37.0 Å². The molecule has 2 aliphatic rings. The van der Waals surface area contributed by atoms with E-state index in [9.17, 15) is 4.79 Å². The molecule has 2 heterocycles. The van der Waals surface area contributed by atoms with Crippen LogP contribution in [0.4, 0.5) is 0 Å². The van der Waals surface area contributed by atoms with Gasteiger partial charge < -0.3 is 10.2 Å². The average molecular weight is 287 g/mol. The Hall–Kier alpha value is -0.770. The number of rotatable bonds is 1. The van der Waals surface area contributed by atoms with Crippen molar-refractivity contribution in [3.63, 3.8) is 0 Å². The third-order valence-corrected chi connectivity index (χ3v) is 4.11. The Morgan fingerprint density at radius 3 is 2.44 bits per heavy atom. The van der Waals surface area contributed by atoms with Crippen LogP contribution in [0.5, 0.6) is 0 Å². The molecule has 18 heavy (non-hydrogen) atoms. The van der Waals surface area contributed by atoms with Crippen molar-refractivity contribution >= 4 is 29.9 Å². The van der Waals surface area contributed by atoms with Crippen molar-refractivity contribution in [1.29, 1.82) is 0 Å². The standard InChI is InChI=1S/C13H15ClN2O.ClH/c14-12-4-2-1-3-11(12)13(17)16-7-9-5-15-6-10(9)8-16;/h1-4,9-10,15H,5-8H2;1H/t9-,10+;. The Kier molecular flexibility index (Phi) is 4.15. The molecule has 0 aliphatic carbocycles. The van der Waals surface area contributed by atoms with Crippen LogP contribution in [0, 0.1) is 11.8 Å². The van der Waals surface area contributed by atoms with Crippen molar-refractivity contribution in [2.24, 2.45) is 11.8 Å². The summed E-state index contributed by atoms with van der Waals surface area (Å²) in [7, 11) is 0. The van der Waals surface area contributed by atoms with Gasteiger partial charge in [0.25, 0.3) is 5.91 Å². The molecule has 0 saturated carbocycles. The summed E-state index contributed by atoms with van der Waals surface area (Å²) in [6.45, 7) is 3.80. The molecule has 2 aliphatic heterocycles. The number of nitrogens with zero attached hydrogens (tertiary/aromatic N) is 1. The first-order valence-electron chi connectivity index (χ1n) is 6.00. The topological polar surface area (TPSA) is 32.3 Å². The molecule has 2 saturated heterocycles. The zero-order valence-corrected chi connectivity index (χ0v) is 11.5. The molecule has 3 nitrogen and oxygen atoms in total. The summed E-state index contributed by atoms with van der Waals surface area (Å²) in [6.07, 6.45) is 0. The highest BCUT2D eigenvalue weighted by Gasteiger charge is 2.38. The summed E-state index contributed by atoms with van der Waals surface area (Å²) in [5.41, 5.74) is 0.627. The highest BCUT2D eigenvalue weighted by Crippen LogP contribution is 2.28. The monoisotopic (exact) mass is 286 g/mol. The van der Waals surface area contributed by atoms with Crippen molar-refractivity contribution in [3.8, 4) is 0 Å². The lowest BCUT2D eigenvalue weighted by Gasteiger charge is -2.18. The first-order valence-corrected chi connectivity index (χ1v) is 6.38. The third-order valence-electron chi connectivity index (χ3n) is 3.78. The van der Waals surface area contributed by atoms with Gasteiger partial charge in [-0.1, -0.05) is 23.7 Å². The van der Waals surface area contributed by atoms with E-state index in [1.54, 1.807) is 12.1 Å². The van der Waals surface area contributed by atoms with Gasteiger partial charge in [0.15, 0.2) is 0 Å². The maximum atomic E-state index is 12.3. The number of amides is 1. The first-order chi connectivity index (χ1) is 8.25. The number of nitrogens with one attached hydrogen (secondary N) is 1. The molecule has 3 rings (SSSR count). The van der Waals surface area contributed by atoms with Crippen molar-refractivity contribution in [2.75, 3.05) is 26.2 Å². The van der Waals surface area contributed by atoms with E-state index in [4.69, 9.17) is 11.6 Å². The van der Waals surface area contributed by atoms with Crippen molar-refractivity contribution in [2.45, 2.75) is 0 Å². The van der Waals surface area contributed by atoms with Crippen molar-refractivity contribution in [1.82, 2.24) is 10.2 Å². The molecule has 98 valence electrons. The molecular weight excluding hydrogens is 271 g/mol.